The number of carbonyl (C=O) groups excluding carboxylic acids is 1. The first-order valence-electron chi connectivity index (χ1n) is 7.99. The van der Waals surface area contributed by atoms with E-state index in [9.17, 15) is 9.59 Å². The summed E-state index contributed by atoms with van der Waals surface area (Å²) in [4.78, 5) is 21.3. The zero-order chi connectivity index (χ0) is 19.1. The van der Waals surface area contributed by atoms with Crippen molar-refractivity contribution in [2.45, 2.75) is 32.1 Å². The van der Waals surface area contributed by atoms with Crippen molar-refractivity contribution in [2.24, 2.45) is 11.5 Å². The highest BCUT2D eigenvalue weighted by molar-refractivity contribution is 5.76. The van der Waals surface area contributed by atoms with Gasteiger partial charge in [-0.1, -0.05) is 24.6 Å². The first-order valence-corrected chi connectivity index (χ1v) is 7.99. The van der Waals surface area contributed by atoms with Gasteiger partial charge in [0, 0.05) is 24.3 Å². The fourth-order valence-corrected chi connectivity index (χ4v) is 1.88. The number of hydrogen-bond donors (Lipinski definition) is 3. The Hall–Kier alpha value is -2.67. The summed E-state index contributed by atoms with van der Waals surface area (Å²) in [7, 11) is 2.89. The SMILES string of the molecule is CN.COC(=O)CCCCCC(=N)N.O=c1ccc2ccccc2o1. The lowest BCUT2D eigenvalue weighted by atomic mass is 10.1. The second-order valence-corrected chi connectivity index (χ2v) is 4.95. The van der Waals surface area contributed by atoms with Crippen LogP contribution >= 0.6 is 0 Å². The molecule has 0 spiro atoms. The number of methoxy groups -OCH3 is 1. The van der Waals surface area contributed by atoms with Crippen molar-refractivity contribution in [3.8, 4) is 0 Å². The Labute approximate surface area is 147 Å². The molecule has 2 aromatic rings. The van der Waals surface area contributed by atoms with Crippen LogP contribution in [0.4, 0.5) is 0 Å². The van der Waals surface area contributed by atoms with Gasteiger partial charge in [0.2, 0.25) is 0 Å². The molecule has 0 aliphatic heterocycles. The minimum atomic E-state index is -0.302. The maximum Gasteiger partial charge on any atom is 0.336 e. The van der Waals surface area contributed by atoms with Crippen LogP contribution in [0, 0.1) is 5.41 Å². The Kier molecular flexibility index (Phi) is 12.3. The van der Waals surface area contributed by atoms with E-state index in [1.165, 1.54) is 20.2 Å². The van der Waals surface area contributed by atoms with Gasteiger partial charge in [-0.3, -0.25) is 10.2 Å². The fraction of sp³-hybridized carbons (Fsp3) is 0.389. The number of ether oxygens (including phenoxy) is 1. The molecule has 0 amide bonds. The van der Waals surface area contributed by atoms with Gasteiger partial charge in [-0.05, 0) is 32.0 Å². The molecular weight excluding hydrogens is 322 g/mol. The van der Waals surface area contributed by atoms with Gasteiger partial charge in [-0.15, -0.1) is 0 Å². The average molecular weight is 349 g/mol. The fourth-order valence-electron chi connectivity index (χ4n) is 1.88. The van der Waals surface area contributed by atoms with E-state index in [1.807, 2.05) is 18.2 Å². The molecule has 0 bridgehead atoms. The van der Waals surface area contributed by atoms with E-state index < -0.39 is 0 Å². The van der Waals surface area contributed by atoms with Gasteiger partial charge in [0.25, 0.3) is 0 Å². The number of esters is 1. The Morgan fingerprint density at radius 3 is 2.36 bits per heavy atom. The molecule has 1 heterocycles. The van der Waals surface area contributed by atoms with Crippen molar-refractivity contribution in [1.29, 1.82) is 5.41 Å². The molecule has 7 nitrogen and oxygen atoms in total. The molecule has 7 heteroatoms. The second kappa shape index (κ2) is 13.7. The lowest BCUT2D eigenvalue weighted by Crippen LogP contribution is -2.08. The van der Waals surface area contributed by atoms with Gasteiger partial charge in [-0.2, -0.15) is 0 Å². The van der Waals surface area contributed by atoms with E-state index in [0.29, 0.717) is 18.4 Å². The van der Waals surface area contributed by atoms with Crippen LogP contribution in [-0.2, 0) is 9.53 Å². The van der Waals surface area contributed by atoms with Crippen LogP contribution in [0.15, 0.2) is 45.6 Å². The number of fused-ring (bicyclic) bond motifs is 1. The zero-order valence-corrected chi connectivity index (χ0v) is 14.8. The summed E-state index contributed by atoms with van der Waals surface area (Å²) >= 11 is 0. The smallest absolute Gasteiger partial charge is 0.336 e. The molecule has 0 aliphatic rings. The molecule has 1 aromatic carbocycles. The molecule has 138 valence electrons. The molecule has 0 saturated heterocycles. The van der Waals surface area contributed by atoms with Crippen molar-refractivity contribution in [1.82, 2.24) is 0 Å². The molecule has 0 fully saturated rings. The molecule has 5 N–H and O–H groups in total. The second-order valence-electron chi connectivity index (χ2n) is 4.95. The highest BCUT2D eigenvalue weighted by Crippen LogP contribution is 2.09. The number of nitrogens with two attached hydrogens (primary N) is 2. The summed E-state index contributed by atoms with van der Waals surface area (Å²) in [6.07, 6.45) is 3.72. The molecule has 2 rings (SSSR count). The Morgan fingerprint density at radius 2 is 1.72 bits per heavy atom. The maximum atomic E-state index is 10.7. The summed E-state index contributed by atoms with van der Waals surface area (Å²) in [5, 5.41) is 7.89. The highest BCUT2D eigenvalue weighted by atomic mass is 16.5. The van der Waals surface area contributed by atoms with Crippen molar-refractivity contribution >= 4 is 22.8 Å². The Bertz CT molecular complexity index is 698. The number of rotatable bonds is 6. The summed E-state index contributed by atoms with van der Waals surface area (Å²) in [6, 6.07) is 10.6. The lowest BCUT2D eigenvalue weighted by Gasteiger charge is -1.99. The van der Waals surface area contributed by atoms with Gasteiger partial charge in [-0.25, -0.2) is 4.79 Å². The Balaban J connectivity index is 0.000000419. The van der Waals surface area contributed by atoms with Crippen molar-refractivity contribution in [2.75, 3.05) is 14.2 Å². The number of para-hydroxylation sites is 1. The molecule has 0 saturated carbocycles. The molecule has 0 aliphatic carbocycles. The third kappa shape index (κ3) is 10.7. The third-order valence-electron chi connectivity index (χ3n) is 3.08. The quantitative estimate of drug-likeness (QED) is 0.241. The van der Waals surface area contributed by atoms with Gasteiger partial charge in [0.15, 0.2) is 0 Å². The van der Waals surface area contributed by atoms with E-state index in [-0.39, 0.29) is 17.4 Å². The van der Waals surface area contributed by atoms with E-state index in [2.05, 4.69) is 10.5 Å². The molecule has 0 atom stereocenters. The topological polar surface area (TPSA) is 132 Å². The van der Waals surface area contributed by atoms with Crippen LogP contribution in [0.3, 0.4) is 0 Å². The summed E-state index contributed by atoms with van der Waals surface area (Å²) in [6.45, 7) is 0. The normalized spacial score (nSPS) is 9.24. The van der Waals surface area contributed by atoms with Crippen LogP contribution in [0.25, 0.3) is 11.0 Å². The van der Waals surface area contributed by atoms with Crippen LogP contribution in [-0.4, -0.2) is 26.0 Å². The molecule has 1 aromatic heterocycles. The first-order chi connectivity index (χ1) is 12.0. The summed E-state index contributed by atoms with van der Waals surface area (Å²) in [5.74, 6) is 0.0471. The summed E-state index contributed by atoms with van der Waals surface area (Å²) < 4.78 is 9.38. The van der Waals surface area contributed by atoms with Crippen molar-refractivity contribution < 1.29 is 13.9 Å². The minimum Gasteiger partial charge on any atom is -0.469 e. The van der Waals surface area contributed by atoms with Gasteiger partial charge < -0.3 is 20.6 Å². The number of amidine groups is 1. The number of unbranched alkanes of at least 4 members (excludes halogenated alkanes) is 2. The van der Waals surface area contributed by atoms with E-state index in [1.54, 1.807) is 12.1 Å². The van der Waals surface area contributed by atoms with Gasteiger partial charge in [0.1, 0.15) is 5.58 Å². The predicted octanol–water partition coefficient (Wildman–Crippen LogP) is 2.41. The standard InChI is InChI=1S/C9H6O2.C8H16N2O2.CH5N/c10-9-6-5-7-3-1-2-4-8(7)11-9;1-12-8(11)6-4-2-3-5-7(9)10;1-2/h1-6H;2-6H2,1H3,(H3,9,10);2H2,1H3. The largest absolute Gasteiger partial charge is 0.469 e. The highest BCUT2D eigenvalue weighted by Gasteiger charge is 1.99. The number of carbonyl (C=O) groups is 1. The minimum absolute atomic E-state index is 0.169. The first kappa shape index (κ1) is 22.3. The maximum absolute atomic E-state index is 10.7. The van der Waals surface area contributed by atoms with Crippen LogP contribution in [0.2, 0.25) is 0 Å². The van der Waals surface area contributed by atoms with Crippen LogP contribution < -0.4 is 17.1 Å². The van der Waals surface area contributed by atoms with Crippen molar-refractivity contribution in [3.63, 3.8) is 0 Å². The Morgan fingerprint density at radius 1 is 1.08 bits per heavy atom. The average Bonchev–Trinajstić information content (AvgIpc) is 2.63. The van der Waals surface area contributed by atoms with E-state index >= 15 is 0 Å². The van der Waals surface area contributed by atoms with Crippen LogP contribution in [0.1, 0.15) is 32.1 Å². The zero-order valence-electron chi connectivity index (χ0n) is 14.8. The van der Waals surface area contributed by atoms with E-state index in [0.717, 1.165) is 24.6 Å². The number of benzene rings is 1. The van der Waals surface area contributed by atoms with Crippen LogP contribution in [0.5, 0.6) is 0 Å². The molecule has 0 unspecified atom stereocenters. The van der Waals surface area contributed by atoms with Gasteiger partial charge >= 0.3 is 11.6 Å². The predicted molar refractivity (Wildman–Crippen MR) is 99.6 cm³/mol. The monoisotopic (exact) mass is 349 g/mol. The molecule has 25 heavy (non-hydrogen) atoms. The lowest BCUT2D eigenvalue weighted by molar-refractivity contribution is -0.140. The number of hydrogen-bond acceptors (Lipinski definition) is 6. The van der Waals surface area contributed by atoms with Crippen molar-refractivity contribution in [3.05, 3.63) is 46.8 Å². The third-order valence-corrected chi connectivity index (χ3v) is 3.08. The molecular formula is C18H27N3O4. The van der Waals surface area contributed by atoms with Gasteiger partial charge in [0.05, 0.1) is 12.9 Å². The summed E-state index contributed by atoms with van der Waals surface area (Å²) in [5.41, 5.74) is 9.99. The molecule has 0 radical (unpaired) electrons. The number of nitrogens with one attached hydrogen (secondary N) is 1. The van der Waals surface area contributed by atoms with E-state index in [4.69, 9.17) is 15.6 Å².